The highest BCUT2D eigenvalue weighted by atomic mass is 16.5. The fraction of sp³-hybridized carbons (Fsp3) is 0.182. The van der Waals surface area contributed by atoms with Crippen molar-refractivity contribution >= 4 is 17.8 Å². The topological polar surface area (TPSA) is 67.8 Å². The summed E-state index contributed by atoms with van der Waals surface area (Å²) in [6.45, 7) is 1.33. The van der Waals surface area contributed by atoms with Crippen LogP contribution in [-0.4, -0.2) is 17.8 Å². The van der Waals surface area contributed by atoms with Crippen molar-refractivity contribution in [1.82, 2.24) is 5.32 Å². The molecule has 2 rings (SSSR count). The standard InChI is InChI=1S/C11H10N2O3/c1-7(14)12-11-13-10(15)9(16-11)8-5-3-2-4-6-8/h2-6,9H,1H3,(H,12,13,14,15). The van der Waals surface area contributed by atoms with E-state index < -0.39 is 12.0 Å². The van der Waals surface area contributed by atoms with E-state index in [0.717, 1.165) is 5.56 Å². The normalized spacial score (nSPS) is 18.9. The third-order valence-electron chi connectivity index (χ3n) is 2.05. The minimum atomic E-state index is -0.747. The van der Waals surface area contributed by atoms with Crippen LogP contribution in [0.1, 0.15) is 18.6 Å². The third-order valence-corrected chi connectivity index (χ3v) is 2.05. The van der Waals surface area contributed by atoms with Gasteiger partial charge in [-0.15, -0.1) is 0 Å². The van der Waals surface area contributed by atoms with Crippen molar-refractivity contribution < 1.29 is 14.3 Å². The van der Waals surface area contributed by atoms with Crippen molar-refractivity contribution in [2.75, 3.05) is 0 Å². The molecule has 0 aromatic heterocycles. The second-order valence-corrected chi connectivity index (χ2v) is 3.34. The Morgan fingerprint density at radius 2 is 2.06 bits per heavy atom. The molecule has 1 aliphatic rings. The van der Waals surface area contributed by atoms with Gasteiger partial charge in [0.25, 0.3) is 5.91 Å². The molecule has 1 aliphatic heterocycles. The number of nitrogens with one attached hydrogen (secondary N) is 1. The molecule has 0 saturated heterocycles. The van der Waals surface area contributed by atoms with Crippen LogP contribution in [0.5, 0.6) is 0 Å². The lowest BCUT2D eigenvalue weighted by Gasteiger charge is -2.09. The Balaban J connectivity index is 2.13. The van der Waals surface area contributed by atoms with Crippen molar-refractivity contribution in [1.29, 1.82) is 0 Å². The van der Waals surface area contributed by atoms with E-state index in [2.05, 4.69) is 10.3 Å². The molecular weight excluding hydrogens is 208 g/mol. The predicted molar refractivity (Wildman–Crippen MR) is 56.5 cm³/mol. The summed E-state index contributed by atoms with van der Waals surface area (Å²) in [4.78, 5) is 25.9. The zero-order valence-corrected chi connectivity index (χ0v) is 8.64. The summed E-state index contributed by atoms with van der Waals surface area (Å²) in [7, 11) is 0. The van der Waals surface area contributed by atoms with E-state index in [1.807, 2.05) is 18.2 Å². The first-order valence-electron chi connectivity index (χ1n) is 4.78. The molecule has 1 unspecified atom stereocenters. The molecule has 82 valence electrons. The molecule has 0 spiro atoms. The van der Waals surface area contributed by atoms with Crippen LogP contribution in [0, 0.1) is 0 Å². The average molecular weight is 218 g/mol. The Morgan fingerprint density at radius 1 is 1.38 bits per heavy atom. The van der Waals surface area contributed by atoms with E-state index in [9.17, 15) is 9.59 Å². The van der Waals surface area contributed by atoms with Gasteiger partial charge in [0, 0.05) is 12.5 Å². The van der Waals surface area contributed by atoms with E-state index in [-0.39, 0.29) is 11.9 Å². The van der Waals surface area contributed by atoms with Crippen LogP contribution in [0.25, 0.3) is 0 Å². The maximum atomic E-state index is 11.5. The summed E-state index contributed by atoms with van der Waals surface area (Å²) < 4.78 is 5.24. The molecule has 1 N–H and O–H groups in total. The van der Waals surface area contributed by atoms with Crippen LogP contribution >= 0.6 is 0 Å². The first-order valence-corrected chi connectivity index (χ1v) is 4.78. The highest BCUT2D eigenvalue weighted by Gasteiger charge is 2.30. The monoisotopic (exact) mass is 218 g/mol. The number of benzene rings is 1. The lowest BCUT2D eigenvalue weighted by molar-refractivity contribution is -0.123. The van der Waals surface area contributed by atoms with Crippen LogP contribution < -0.4 is 5.32 Å². The smallest absolute Gasteiger partial charge is 0.300 e. The fourth-order valence-corrected chi connectivity index (χ4v) is 1.39. The number of hydrogen-bond acceptors (Lipinski definition) is 3. The Hall–Kier alpha value is -2.17. The SMILES string of the molecule is CC(=O)NC1=NC(=O)C(c2ccccc2)O1. The lowest BCUT2D eigenvalue weighted by Crippen LogP contribution is -2.28. The van der Waals surface area contributed by atoms with Crippen LogP contribution in [0.15, 0.2) is 35.3 Å². The highest BCUT2D eigenvalue weighted by molar-refractivity contribution is 6.04. The zero-order chi connectivity index (χ0) is 11.5. The minimum absolute atomic E-state index is 0.0358. The molecule has 0 aliphatic carbocycles. The third kappa shape index (κ3) is 2.08. The second-order valence-electron chi connectivity index (χ2n) is 3.34. The van der Waals surface area contributed by atoms with Gasteiger partial charge >= 0.3 is 6.02 Å². The second kappa shape index (κ2) is 4.14. The Morgan fingerprint density at radius 3 is 2.69 bits per heavy atom. The maximum Gasteiger partial charge on any atom is 0.300 e. The number of carbonyl (C=O) groups excluding carboxylic acids is 2. The first-order chi connectivity index (χ1) is 7.66. The molecule has 2 amide bonds. The summed E-state index contributed by atoms with van der Waals surface area (Å²) in [6.07, 6.45) is -0.747. The van der Waals surface area contributed by atoms with Crippen molar-refractivity contribution in [2.45, 2.75) is 13.0 Å². The predicted octanol–water partition coefficient (Wildman–Crippen LogP) is 0.777. The van der Waals surface area contributed by atoms with Gasteiger partial charge in [0.1, 0.15) is 0 Å². The highest BCUT2D eigenvalue weighted by Crippen LogP contribution is 2.23. The van der Waals surface area contributed by atoms with Gasteiger partial charge in [0.05, 0.1) is 0 Å². The lowest BCUT2D eigenvalue weighted by atomic mass is 10.1. The zero-order valence-electron chi connectivity index (χ0n) is 8.64. The minimum Gasteiger partial charge on any atom is -0.446 e. The Kier molecular flexibility index (Phi) is 2.68. The number of ether oxygens (including phenoxy) is 1. The number of nitrogens with zero attached hydrogens (tertiary/aromatic N) is 1. The van der Waals surface area contributed by atoms with E-state index in [1.54, 1.807) is 12.1 Å². The van der Waals surface area contributed by atoms with Gasteiger partial charge in [-0.05, 0) is 0 Å². The van der Waals surface area contributed by atoms with E-state index in [0.29, 0.717) is 0 Å². The summed E-state index contributed by atoms with van der Waals surface area (Å²) in [5, 5.41) is 2.34. The fourth-order valence-electron chi connectivity index (χ4n) is 1.39. The van der Waals surface area contributed by atoms with Crippen molar-refractivity contribution in [3.8, 4) is 0 Å². The molecule has 1 aromatic rings. The molecule has 0 radical (unpaired) electrons. The number of carbonyl (C=O) groups is 2. The van der Waals surface area contributed by atoms with Crippen LogP contribution in [-0.2, 0) is 14.3 Å². The molecule has 1 heterocycles. The van der Waals surface area contributed by atoms with Crippen molar-refractivity contribution in [2.24, 2.45) is 4.99 Å². The molecule has 1 atom stereocenters. The number of rotatable bonds is 1. The quantitative estimate of drug-likeness (QED) is 0.757. The molecule has 0 saturated carbocycles. The Bertz CT molecular complexity index is 454. The van der Waals surface area contributed by atoms with E-state index in [1.165, 1.54) is 6.92 Å². The summed E-state index contributed by atoms with van der Waals surface area (Å²) in [5.74, 6) is -0.727. The largest absolute Gasteiger partial charge is 0.446 e. The summed E-state index contributed by atoms with van der Waals surface area (Å²) >= 11 is 0. The molecule has 16 heavy (non-hydrogen) atoms. The van der Waals surface area contributed by atoms with E-state index in [4.69, 9.17) is 4.74 Å². The van der Waals surface area contributed by atoms with Crippen LogP contribution in [0.3, 0.4) is 0 Å². The average Bonchev–Trinajstić information content (AvgIpc) is 2.60. The molecule has 0 fully saturated rings. The number of hydrogen-bond donors (Lipinski definition) is 1. The first kappa shape index (κ1) is 10.4. The van der Waals surface area contributed by atoms with E-state index >= 15 is 0 Å². The van der Waals surface area contributed by atoms with Gasteiger partial charge in [0.2, 0.25) is 12.0 Å². The number of amidine groups is 1. The van der Waals surface area contributed by atoms with Gasteiger partial charge in [-0.2, -0.15) is 4.99 Å². The molecule has 1 aromatic carbocycles. The summed E-state index contributed by atoms with van der Waals surface area (Å²) in [5.41, 5.74) is 0.719. The molecule has 5 nitrogen and oxygen atoms in total. The number of aliphatic imine (C=N–C) groups is 1. The molecule has 0 bridgehead atoms. The maximum absolute atomic E-state index is 11.5. The van der Waals surface area contributed by atoms with Crippen LogP contribution in [0.2, 0.25) is 0 Å². The molecule has 5 heteroatoms. The van der Waals surface area contributed by atoms with Gasteiger partial charge in [-0.1, -0.05) is 30.3 Å². The van der Waals surface area contributed by atoms with Gasteiger partial charge in [0.15, 0.2) is 0 Å². The Labute approximate surface area is 92.1 Å². The number of amides is 2. The summed E-state index contributed by atoms with van der Waals surface area (Å²) in [6, 6.07) is 8.97. The van der Waals surface area contributed by atoms with Gasteiger partial charge in [-0.25, -0.2) is 0 Å². The van der Waals surface area contributed by atoms with Crippen molar-refractivity contribution in [3.63, 3.8) is 0 Å². The van der Waals surface area contributed by atoms with Gasteiger partial charge < -0.3 is 4.74 Å². The van der Waals surface area contributed by atoms with Gasteiger partial charge in [-0.3, -0.25) is 14.9 Å². The molecular formula is C11H10N2O3. The van der Waals surface area contributed by atoms with Crippen LogP contribution in [0.4, 0.5) is 0 Å². The van der Waals surface area contributed by atoms with Crippen molar-refractivity contribution in [3.05, 3.63) is 35.9 Å².